The van der Waals surface area contributed by atoms with Crippen LogP contribution in [0.15, 0.2) is 29.2 Å². The Bertz CT molecular complexity index is 809. The number of hydrogen-bond acceptors (Lipinski definition) is 4. The third-order valence-corrected chi connectivity index (χ3v) is 6.80. The Morgan fingerprint density at radius 3 is 2.71 bits per heavy atom. The summed E-state index contributed by atoms with van der Waals surface area (Å²) >= 11 is 5.51. The van der Waals surface area contributed by atoms with Crippen LogP contribution >= 0.6 is 12.2 Å². The van der Waals surface area contributed by atoms with Crippen LogP contribution in [0.1, 0.15) is 26.7 Å². The summed E-state index contributed by atoms with van der Waals surface area (Å²) < 4.78 is 25.8. The minimum atomic E-state index is -3.51. The molecule has 156 valence electrons. The van der Waals surface area contributed by atoms with Gasteiger partial charge in [-0.25, -0.2) is 12.7 Å². The van der Waals surface area contributed by atoms with Crippen LogP contribution in [0, 0.1) is 11.8 Å². The maximum atomic E-state index is 12.4. The minimum Gasteiger partial charge on any atom is -0.356 e. The monoisotopic (exact) mass is 426 g/mol. The highest BCUT2D eigenvalue weighted by Gasteiger charge is 2.27. The third kappa shape index (κ3) is 5.89. The number of benzene rings is 1. The Kier molecular flexibility index (Phi) is 7.79. The fourth-order valence-electron chi connectivity index (χ4n) is 2.97. The van der Waals surface area contributed by atoms with E-state index in [0.717, 1.165) is 19.4 Å². The first kappa shape index (κ1) is 22.6. The number of anilines is 1. The highest BCUT2D eigenvalue weighted by atomic mass is 32.2. The Morgan fingerprint density at radius 1 is 1.36 bits per heavy atom. The number of thiocarbonyl (C=S) groups is 1. The Morgan fingerprint density at radius 2 is 2.07 bits per heavy atom. The van der Waals surface area contributed by atoms with Gasteiger partial charge in [0.05, 0.1) is 10.8 Å². The van der Waals surface area contributed by atoms with Gasteiger partial charge in [0.15, 0.2) is 5.11 Å². The van der Waals surface area contributed by atoms with E-state index in [0.29, 0.717) is 29.8 Å². The standard InChI is InChI=1S/C19H30N4O3S2/c1-14(2)12-20-18(24)15-7-6-10-23(13-15)19(27)21-16-8-5-9-17(11-16)28(25,26)22(3)4/h5,8-9,11,14-15H,6-7,10,12-13H2,1-4H3,(H,20,24)(H,21,27). The first-order valence-electron chi connectivity index (χ1n) is 9.47. The number of amides is 1. The quantitative estimate of drug-likeness (QED) is 0.678. The zero-order valence-corrected chi connectivity index (χ0v) is 18.6. The molecular weight excluding hydrogens is 396 g/mol. The normalized spacial score (nSPS) is 17.6. The van der Waals surface area contributed by atoms with Crippen LogP contribution in [0.4, 0.5) is 5.69 Å². The first-order chi connectivity index (χ1) is 13.1. The van der Waals surface area contributed by atoms with Crippen LogP contribution in [0.25, 0.3) is 0 Å². The predicted molar refractivity (Wildman–Crippen MR) is 116 cm³/mol. The van der Waals surface area contributed by atoms with Crippen LogP contribution in [0.3, 0.4) is 0 Å². The van der Waals surface area contributed by atoms with Gasteiger partial charge in [0.1, 0.15) is 0 Å². The number of nitrogens with zero attached hydrogens (tertiary/aromatic N) is 2. The SMILES string of the molecule is CC(C)CNC(=O)C1CCCN(C(=S)Nc2cccc(S(=O)(=O)N(C)C)c2)C1. The number of carbonyl (C=O) groups excluding carboxylic acids is 1. The molecule has 1 saturated heterocycles. The van der Waals surface area contributed by atoms with E-state index in [2.05, 4.69) is 24.5 Å². The Balaban J connectivity index is 2.02. The number of carbonyl (C=O) groups is 1. The summed E-state index contributed by atoms with van der Waals surface area (Å²) in [5.41, 5.74) is 0.610. The van der Waals surface area contributed by atoms with Gasteiger partial charge in [-0.15, -0.1) is 0 Å². The highest BCUT2D eigenvalue weighted by Crippen LogP contribution is 2.21. The summed E-state index contributed by atoms with van der Waals surface area (Å²) in [6.45, 7) is 6.14. The summed E-state index contributed by atoms with van der Waals surface area (Å²) in [4.78, 5) is 14.6. The van der Waals surface area contributed by atoms with E-state index in [1.807, 2.05) is 4.90 Å². The summed E-state index contributed by atoms with van der Waals surface area (Å²) in [6.07, 6.45) is 1.73. The number of sulfonamides is 1. The smallest absolute Gasteiger partial charge is 0.242 e. The molecular formula is C19H30N4O3S2. The zero-order chi connectivity index (χ0) is 20.9. The molecule has 0 aliphatic carbocycles. The highest BCUT2D eigenvalue weighted by molar-refractivity contribution is 7.89. The molecule has 0 bridgehead atoms. The molecule has 1 aliphatic rings. The van der Waals surface area contributed by atoms with Gasteiger partial charge in [0, 0.05) is 39.4 Å². The van der Waals surface area contributed by atoms with Crippen molar-refractivity contribution in [1.29, 1.82) is 0 Å². The largest absolute Gasteiger partial charge is 0.356 e. The van der Waals surface area contributed by atoms with Gasteiger partial charge in [-0.05, 0) is 49.2 Å². The van der Waals surface area contributed by atoms with Crippen LogP contribution in [0.2, 0.25) is 0 Å². The molecule has 1 aromatic rings. The Labute approximate surface area is 173 Å². The van der Waals surface area contributed by atoms with Crippen LogP contribution in [-0.4, -0.2) is 62.4 Å². The number of rotatable bonds is 6. The van der Waals surface area contributed by atoms with E-state index in [-0.39, 0.29) is 16.7 Å². The maximum absolute atomic E-state index is 12.4. The van der Waals surface area contributed by atoms with Gasteiger partial charge in [-0.3, -0.25) is 4.79 Å². The molecule has 1 heterocycles. The number of hydrogen-bond donors (Lipinski definition) is 2. The summed E-state index contributed by atoms with van der Waals surface area (Å²) in [5, 5.41) is 6.61. The Hall–Kier alpha value is -1.71. The second-order valence-electron chi connectivity index (χ2n) is 7.67. The van der Waals surface area contributed by atoms with Gasteiger partial charge in [0.2, 0.25) is 15.9 Å². The minimum absolute atomic E-state index is 0.0697. The lowest BCUT2D eigenvalue weighted by atomic mass is 9.97. The van der Waals surface area contributed by atoms with Crippen molar-refractivity contribution >= 4 is 38.9 Å². The van der Waals surface area contributed by atoms with Gasteiger partial charge in [0.25, 0.3) is 0 Å². The molecule has 1 atom stereocenters. The van der Waals surface area contributed by atoms with E-state index in [4.69, 9.17) is 12.2 Å². The lowest BCUT2D eigenvalue weighted by Gasteiger charge is -2.34. The molecule has 2 N–H and O–H groups in total. The molecule has 0 spiro atoms. The van der Waals surface area contributed by atoms with E-state index in [1.165, 1.54) is 18.4 Å². The topological polar surface area (TPSA) is 81.8 Å². The van der Waals surface area contributed by atoms with E-state index in [1.54, 1.807) is 24.3 Å². The molecule has 2 rings (SSSR count). The van der Waals surface area contributed by atoms with Crippen molar-refractivity contribution in [2.45, 2.75) is 31.6 Å². The van der Waals surface area contributed by atoms with E-state index >= 15 is 0 Å². The van der Waals surface area contributed by atoms with Gasteiger partial charge >= 0.3 is 0 Å². The van der Waals surface area contributed by atoms with Crippen molar-refractivity contribution < 1.29 is 13.2 Å². The lowest BCUT2D eigenvalue weighted by molar-refractivity contribution is -0.126. The molecule has 7 nitrogen and oxygen atoms in total. The van der Waals surface area contributed by atoms with Crippen molar-refractivity contribution in [3.8, 4) is 0 Å². The fourth-order valence-corrected chi connectivity index (χ4v) is 4.20. The molecule has 1 aromatic carbocycles. The zero-order valence-electron chi connectivity index (χ0n) is 16.9. The van der Waals surface area contributed by atoms with Crippen LogP contribution in [-0.2, 0) is 14.8 Å². The molecule has 28 heavy (non-hydrogen) atoms. The average molecular weight is 427 g/mol. The summed E-state index contributed by atoms with van der Waals surface area (Å²) in [6, 6.07) is 6.58. The first-order valence-corrected chi connectivity index (χ1v) is 11.3. The van der Waals surface area contributed by atoms with Gasteiger partial charge in [-0.1, -0.05) is 19.9 Å². The number of likely N-dealkylation sites (tertiary alicyclic amines) is 1. The van der Waals surface area contributed by atoms with Crippen molar-refractivity contribution in [3.05, 3.63) is 24.3 Å². The molecule has 9 heteroatoms. The van der Waals surface area contributed by atoms with Gasteiger partial charge in [-0.2, -0.15) is 0 Å². The molecule has 0 saturated carbocycles. The second-order valence-corrected chi connectivity index (χ2v) is 10.2. The van der Waals surface area contributed by atoms with E-state index < -0.39 is 10.0 Å². The van der Waals surface area contributed by atoms with Gasteiger partial charge < -0.3 is 15.5 Å². The van der Waals surface area contributed by atoms with Crippen molar-refractivity contribution in [3.63, 3.8) is 0 Å². The third-order valence-electron chi connectivity index (χ3n) is 4.63. The molecule has 0 aromatic heterocycles. The van der Waals surface area contributed by atoms with Crippen LogP contribution in [0.5, 0.6) is 0 Å². The van der Waals surface area contributed by atoms with Crippen LogP contribution < -0.4 is 10.6 Å². The molecule has 0 radical (unpaired) electrons. The molecule has 1 unspecified atom stereocenters. The summed E-state index contributed by atoms with van der Waals surface area (Å²) in [7, 11) is -0.513. The predicted octanol–water partition coefficient (Wildman–Crippen LogP) is 2.12. The number of piperidine rings is 1. The fraction of sp³-hybridized carbons (Fsp3) is 0.579. The average Bonchev–Trinajstić information content (AvgIpc) is 2.66. The number of nitrogens with one attached hydrogen (secondary N) is 2. The molecule has 1 amide bonds. The van der Waals surface area contributed by atoms with E-state index in [9.17, 15) is 13.2 Å². The lowest BCUT2D eigenvalue weighted by Crippen LogP contribution is -2.47. The maximum Gasteiger partial charge on any atom is 0.242 e. The van der Waals surface area contributed by atoms with Crippen molar-refractivity contribution in [1.82, 2.24) is 14.5 Å². The molecule has 1 fully saturated rings. The second kappa shape index (κ2) is 9.67. The van der Waals surface area contributed by atoms with Crippen molar-refractivity contribution in [2.75, 3.05) is 39.0 Å². The molecule has 1 aliphatic heterocycles. The van der Waals surface area contributed by atoms with Crippen molar-refractivity contribution in [2.24, 2.45) is 11.8 Å². The summed E-state index contributed by atoms with van der Waals surface area (Å²) in [5.74, 6) is 0.394.